The van der Waals surface area contributed by atoms with Gasteiger partial charge in [-0.1, -0.05) is 12.1 Å². The van der Waals surface area contributed by atoms with E-state index in [-0.39, 0.29) is 70.3 Å². The van der Waals surface area contributed by atoms with Crippen LogP contribution in [0.2, 0.25) is 0 Å². The van der Waals surface area contributed by atoms with E-state index in [1.807, 2.05) is 13.8 Å². The number of anilines is 4. The molecule has 11 heteroatoms. The molecule has 3 aromatic rings. The predicted molar refractivity (Wildman–Crippen MR) is 135 cm³/mol. The molecule has 0 fully saturated rings. The first-order valence-electron chi connectivity index (χ1n) is 11.2. The van der Waals surface area contributed by atoms with Gasteiger partial charge in [0.05, 0.1) is 33.8 Å². The summed E-state index contributed by atoms with van der Waals surface area (Å²) >= 11 is 0. The molecule has 0 spiro atoms. The Morgan fingerprint density at radius 1 is 0.865 bits per heavy atom. The second kappa shape index (κ2) is 11.2. The second-order valence-corrected chi connectivity index (χ2v) is 10.1. The Kier molecular flexibility index (Phi) is 8.61. The minimum atomic E-state index is -5.01. The smallest absolute Gasteiger partial charge is 0.744 e. The molecule has 1 aliphatic carbocycles. The number of rotatable bonds is 8. The molecule has 4 rings (SSSR count). The third-order valence-electron chi connectivity index (χ3n) is 5.58. The number of hydrogen-bond donors (Lipinski definition) is 3. The summed E-state index contributed by atoms with van der Waals surface area (Å²) in [6.07, 6.45) is 0. The summed E-state index contributed by atoms with van der Waals surface area (Å²) in [6.45, 7) is 5.42. The molecule has 0 radical (unpaired) electrons. The monoisotopic (exact) mass is 529 g/mol. The van der Waals surface area contributed by atoms with Crippen LogP contribution in [0, 0.1) is 0 Å². The summed E-state index contributed by atoms with van der Waals surface area (Å²) in [5.74, 6) is -1.30. The van der Waals surface area contributed by atoms with Gasteiger partial charge >= 0.3 is 29.6 Å². The van der Waals surface area contributed by atoms with Crippen LogP contribution >= 0.6 is 0 Å². The first kappa shape index (κ1) is 28.5. The van der Waals surface area contributed by atoms with Crippen molar-refractivity contribution in [2.75, 3.05) is 22.5 Å². The molecule has 9 nitrogen and oxygen atoms in total. The fourth-order valence-electron chi connectivity index (χ4n) is 4.09. The van der Waals surface area contributed by atoms with E-state index < -0.39 is 32.1 Å². The van der Waals surface area contributed by atoms with E-state index in [0.717, 1.165) is 11.8 Å². The third kappa shape index (κ3) is 5.94. The van der Waals surface area contributed by atoms with Gasteiger partial charge in [0.1, 0.15) is 15.9 Å². The maximum atomic E-state index is 13.7. The molecule has 37 heavy (non-hydrogen) atoms. The number of Topliss-reactive ketones (excluding diaryl/α,β-unsaturated/α-hetero) is 1. The first-order valence-corrected chi connectivity index (χ1v) is 12.6. The number of carbonyl (C=O) groups is 3. The van der Waals surface area contributed by atoms with Gasteiger partial charge in [0, 0.05) is 28.7 Å². The topological polar surface area (TPSA) is 144 Å². The molecule has 0 bridgehead atoms. The number of hydrogen-bond acceptors (Lipinski definition) is 9. The SMILES string of the molecule is CC(=O)CNc1ccc(Nc2ccc(NC(C)C)c3c2C(=O)c2c(cccc2S(=O)(=O)[O-])C3=O)cc1.[Na+]. The van der Waals surface area contributed by atoms with Crippen LogP contribution in [0.25, 0.3) is 0 Å². The molecule has 186 valence electrons. The number of fused-ring (bicyclic) bond motifs is 2. The van der Waals surface area contributed by atoms with Gasteiger partial charge in [-0.05, 0) is 63.2 Å². The number of nitrogens with one attached hydrogen (secondary N) is 3. The van der Waals surface area contributed by atoms with Gasteiger partial charge in [0.2, 0.25) is 0 Å². The standard InChI is InChI=1S/C26H25N3O6S.Na/c1-14(2)28-19-11-12-20(29-17-9-7-16(8-10-17)27-13-15(3)30)24-23(19)25(31)18-5-4-6-21(36(33,34)35)22(18)26(24)32;/h4-12,14,27-29H,13H2,1-3H3,(H,33,34,35);/q;+1/p-1. The van der Waals surface area contributed by atoms with E-state index >= 15 is 0 Å². The van der Waals surface area contributed by atoms with Crippen molar-refractivity contribution >= 4 is 50.2 Å². The third-order valence-corrected chi connectivity index (χ3v) is 6.46. The summed E-state index contributed by atoms with van der Waals surface area (Å²) < 4.78 is 35.7. The van der Waals surface area contributed by atoms with Crippen molar-refractivity contribution in [1.82, 2.24) is 0 Å². The largest absolute Gasteiger partial charge is 1.00 e. The number of benzene rings is 3. The summed E-state index contributed by atoms with van der Waals surface area (Å²) in [5.41, 5.74) is 1.55. The fourth-order valence-corrected chi connectivity index (χ4v) is 4.78. The van der Waals surface area contributed by atoms with Crippen molar-refractivity contribution in [3.8, 4) is 0 Å². The van der Waals surface area contributed by atoms with Gasteiger partial charge in [-0.25, -0.2) is 8.42 Å². The second-order valence-electron chi connectivity index (χ2n) is 8.76. The zero-order valence-electron chi connectivity index (χ0n) is 20.8. The molecule has 0 aliphatic heterocycles. The molecular formula is C26H24N3NaO6S. The van der Waals surface area contributed by atoms with Gasteiger partial charge in [0.25, 0.3) is 0 Å². The molecule has 0 heterocycles. The summed E-state index contributed by atoms with van der Waals surface area (Å²) in [4.78, 5) is 37.7. The summed E-state index contributed by atoms with van der Waals surface area (Å²) in [7, 11) is -5.01. The Morgan fingerprint density at radius 3 is 2.05 bits per heavy atom. The maximum Gasteiger partial charge on any atom is 1.00 e. The molecule has 0 saturated heterocycles. The van der Waals surface area contributed by atoms with E-state index in [2.05, 4.69) is 16.0 Å². The van der Waals surface area contributed by atoms with E-state index in [1.54, 1.807) is 36.4 Å². The van der Waals surface area contributed by atoms with Crippen LogP contribution in [-0.4, -0.2) is 42.9 Å². The molecule has 0 amide bonds. The van der Waals surface area contributed by atoms with E-state index in [4.69, 9.17) is 0 Å². The predicted octanol–water partition coefficient (Wildman–Crippen LogP) is 0.935. The van der Waals surface area contributed by atoms with Crippen LogP contribution < -0.4 is 45.5 Å². The molecule has 0 atom stereocenters. The van der Waals surface area contributed by atoms with Crippen molar-refractivity contribution in [3.63, 3.8) is 0 Å². The Labute approximate surface area is 237 Å². The van der Waals surface area contributed by atoms with Crippen molar-refractivity contribution < 1.29 is 56.9 Å². The van der Waals surface area contributed by atoms with E-state index in [9.17, 15) is 27.4 Å². The molecular weight excluding hydrogens is 505 g/mol. The first-order chi connectivity index (χ1) is 17.0. The molecule has 0 saturated carbocycles. The molecule has 0 aromatic heterocycles. The average molecular weight is 530 g/mol. The van der Waals surface area contributed by atoms with Crippen LogP contribution in [0.4, 0.5) is 22.7 Å². The van der Waals surface area contributed by atoms with Gasteiger partial charge in [-0.2, -0.15) is 0 Å². The minimum absolute atomic E-state index is 0. The Balaban J connectivity index is 0.00000380. The van der Waals surface area contributed by atoms with Gasteiger partial charge in [-0.3, -0.25) is 14.4 Å². The van der Waals surface area contributed by atoms with Crippen LogP contribution in [0.1, 0.15) is 52.6 Å². The van der Waals surface area contributed by atoms with Crippen LogP contribution in [0.15, 0.2) is 59.5 Å². The van der Waals surface area contributed by atoms with Gasteiger partial charge in [0.15, 0.2) is 11.6 Å². The maximum absolute atomic E-state index is 13.7. The number of carbonyl (C=O) groups excluding carboxylic acids is 3. The van der Waals surface area contributed by atoms with Crippen LogP contribution in [0.5, 0.6) is 0 Å². The van der Waals surface area contributed by atoms with Crippen molar-refractivity contribution in [1.29, 1.82) is 0 Å². The van der Waals surface area contributed by atoms with Crippen molar-refractivity contribution in [2.24, 2.45) is 0 Å². The quantitative estimate of drug-likeness (QED) is 0.224. The van der Waals surface area contributed by atoms with E-state index in [1.165, 1.54) is 19.1 Å². The van der Waals surface area contributed by atoms with Crippen molar-refractivity contribution in [3.05, 3.63) is 76.9 Å². The van der Waals surface area contributed by atoms with Crippen LogP contribution in [0.3, 0.4) is 0 Å². The number of ketones is 3. The molecule has 1 aliphatic rings. The fraction of sp³-hybridized carbons (Fsp3) is 0.192. The zero-order chi connectivity index (χ0) is 26.2. The summed E-state index contributed by atoms with van der Waals surface area (Å²) in [6, 6.07) is 13.8. The van der Waals surface area contributed by atoms with Crippen LogP contribution in [-0.2, 0) is 14.9 Å². The van der Waals surface area contributed by atoms with Crippen molar-refractivity contribution in [2.45, 2.75) is 31.7 Å². The zero-order valence-corrected chi connectivity index (χ0v) is 23.7. The summed E-state index contributed by atoms with van der Waals surface area (Å²) in [5, 5.41) is 9.27. The normalized spacial score (nSPS) is 12.4. The van der Waals surface area contributed by atoms with E-state index in [0.29, 0.717) is 11.4 Å². The Morgan fingerprint density at radius 2 is 1.46 bits per heavy atom. The van der Waals surface area contributed by atoms with Gasteiger partial charge in [-0.15, -0.1) is 0 Å². The molecule has 3 aromatic carbocycles. The van der Waals surface area contributed by atoms with Gasteiger partial charge < -0.3 is 20.5 Å². The Bertz CT molecular complexity index is 1500. The molecule has 0 unspecified atom stereocenters. The minimum Gasteiger partial charge on any atom is -0.744 e. The molecule has 3 N–H and O–H groups in total. The average Bonchev–Trinajstić information content (AvgIpc) is 2.81. The Hall–Kier alpha value is -3.02.